The Morgan fingerprint density at radius 2 is 2.10 bits per heavy atom. The van der Waals surface area contributed by atoms with Crippen LogP contribution in [0.2, 0.25) is 0 Å². The second kappa shape index (κ2) is 6.91. The number of hydrogen-bond donors (Lipinski definition) is 2. The van der Waals surface area contributed by atoms with E-state index in [1.165, 1.54) is 24.8 Å². The minimum atomic E-state index is 0.0957. The van der Waals surface area contributed by atoms with E-state index in [4.69, 9.17) is 10.3 Å². The Morgan fingerprint density at radius 3 is 2.70 bits per heavy atom. The normalized spacial score (nSPS) is 14.6. The lowest BCUT2D eigenvalue weighted by Gasteiger charge is -2.23. The van der Waals surface area contributed by atoms with Crippen LogP contribution in [-0.2, 0) is 0 Å². The van der Waals surface area contributed by atoms with Crippen LogP contribution in [0, 0.1) is 12.8 Å². The van der Waals surface area contributed by atoms with Gasteiger partial charge in [-0.2, -0.15) is 0 Å². The van der Waals surface area contributed by atoms with Crippen molar-refractivity contribution in [3.05, 3.63) is 35.6 Å². The fourth-order valence-corrected chi connectivity index (χ4v) is 2.91. The number of rotatable bonds is 7. The second-order valence-corrected chi connectivity index (χ2v) is 5.60. The molecule has 0 aliphatic carbocycles. The Kier molecular flexibility index (Phi) is 5.21. The molecule has 0 bridgehead atoms. The minimum Gasteiger partial charge on any atom is -0.459 e. The number of nitrogens with one attached hydrogen (secondary N) is 1. The number of para-hydroxylation sites is 1. The molecule has 1 heterocycles. The number of furan rings is 1. The van der Waals surface area contributed by atoms with Crippen LogP contribution in [0.1, 0.15) is 56.9 Å². The molecule has 0 amide bonds. The zero-order chi connectivity index (χ0) is 14.5. The number of benzene rings is 1. The molecule has 0 spiro atoms. The number of nitrogens with two attached hydrogens (primary N) is 1. The van der Waals surface area contributed by atoms with Crippen molar-refractivity contribution in [1.82, 2.24) is 5.43 Å². The fourth-order valence-electron chi connectivity index (χ4n) is 2.91. The van der Waals surface area contributed by atoms with Gasteiger partial charge in [0.25, 0.3) is 0 Å². The molecule has 0 saturated carbocycles. The van der Waals surface area contributed by atoms with Gasteiger partial charge in [0.15, 0.2) is 0 Å². The van der Waals surface area contributed by atoms with E-state index in [0.29, 0.717) is 5.92 Å². The van der Waals surface area contributed by atoms with Crippen LogP contribution in [-0.4, -0.2) is 0 Å². The highest BCUT2D eigenvalue weighted by atomic mass is 16.3. The smallest absolute Gasteiger partial charge is 0.137 e. The molecule has 2 unspecified atom stereocenters. The Balaban J connectivity index is 2.30. The average Bonchev–Trinajstić information content (AvgIpc) is 2.88. The molecule has 3 heteroatoms. The van der Waals surface area contributed by atoms with Crippen molar-refractivity contribution in [2.45, 2.75) is 52.5 Å². The highest BCUT2D eigenvalue weighted by Gasteiger charge is 2.23. The summed E-state index contributed by atoms with van der Waals surface area (Å²) in [5.41, 5.74) is 5.12. The van der Waals surface area contributed by atoms with Crippen molar-refractivity contribution in [2.24, 2.45) is 11.8 Å². The van der Waals surface area contributed by atoms with E-state index < -0.39 is 0 Å². The molecule has 2 rings (SSSR count). The van der Waals surface area contributed by atoms with Gasteiger partial charge in [0.2, 0.25) is 0 Å². The Labute approximate surface area is 121 Å². The molecule has 3 N–H and O–H groups in total. The van der Waals surface area contributed by atoms with Crippen LogP contribution in [0.4, 0.5) is 0 Å². The lowest BCUT2D eigenvalue weighted by Crippen LogP contribution is -2.33. The van der Waals surface area contributed by atoms with Crippen LogP contribution in [0.5, 0.6) is 0 Å². The van der Waals surface area contributed by atoms with E-state index in [0.717, 1.165) is 23.2 Å². The van der Waals surface area contributed by atoms with Crippen LogP contribution in [0.15, 0.2) is 28.7 Å². The number of hydrazine groups is 1. The van der Waals surface area contributed by atoms with E-state index in [1.807, 2.05) is 0 Å². The van der Waals surface area contributed by atoms with Crippen LogP contribution in [0.25, 0.3) is 11.0 Å². The standard InChI is InChI=1S/C17H26N2O/c1-4-6-9-13(5-2)16(19-18)15-11-14-10-7-8-12(3)17(14)20-15/h7-8,10-11,13,16,19H,4-6,9,18H2,1-3H3. The fraction of sp³-hybridized carbons (Fsp3) is 0.529. The quantitative estimate of drug-likeness (QED) is 0.579. The van der Waals surface area contributed by atoms with Gasteiger partial charge in [0, 0.05) is 5.39 Å². The summed E-state index contributed by atoms with van der Waals surface area (Å²) in [5.74, 6) is 7.28. The molecular formula is C17H26N2O. The van der Waals surface area contributed by atoms with Crippen molar-refractivity contribution >= 4 is 11.0 Å². The van der Waals surface area contributed by atoms with Crippen LogP contribution >= 0.6 is 0 Å². The minimum absolute atomic E-state index is 0.0957. The molecule has 20 heavy (non-hydrogen) atoms. The third-order valence-corrected chi connectivity index (χ3v) is 4.17. The monoisotopic (exact) mass is 274 g/mol. The largest absolute Gasteiger partial charge is 0.459 e. The molecule has 0 aliphatic rings. The van der Waals surface area contributed by atoms with E-state index in [2.05, 4.69) is 50.5 Å². The average molecular weight is 274 g/mol. The van der Waals surface area contributed by atoms with E-state index >= 15 is 0 Å². The van der Waals surface area contributed by atoms with Gasteiger partial charge in [-0.05, 0) is 30.9 Å². The molecule has 110 valence electrons. The summed E-state index contributed by atoms with van der Waals surface area (Å²) in [6.07, 6.45) is 4.73. The van der Waals surface area contributed by atoms with Crippen molar-refractivity contribution in [2.75, 3.05) is 0 Å². The first-order chi connectivity index (χ1) is 9.71. The van der Waals surface area contributed by atoms with Crippen molar-refractivity contribution in [3.63, 3.8) is 0 Å². The van der Waals surface area contributed by atoms with Crippen molar-refractivity contribution in [1.29, 1.82) is 0 Å². The first kappa shape index (κ1) is 15.1. The van der Waals surface area contributed by atoms with E-state index in [1.54, 1.807) is 0 Å². The van der Waals surface area contributed by atoms with Gasteiger partial charge < -0.3 is 4.42 Å². The molecule has 1 aromatic heterocycles. The Morgan fingerprint density at radius 1 is 1.30 bits per heavy atom. The maximum Gasteiger partial charge on any atom is 0.137 e. The topological polar surface area (TPSA) is 51.2 Å². The van der Waals surface area contributed by atoms with Crippen molar-refractivity contribution in [3.8, 4) is 0 Å². The molecule has 0 fully saturated rings. The molecule has 0 radical (unpaired) electrons. The summed E-state index contributed by atoms with van der Waals surface area (Å²) in [7, 11) is 0. The Hall–Kier alpha value is -1.32. The molecule has 0 aliphatic heterocycles. The third-order valence-electron chi connectivity index (χ3n) is 4.17. The number of unbranched alkanes of at least 4 members (excludes halogenated alkanes) is 1. The maximum absolute atomic E-state index is 6.07. The van der Waals surface area contributed by atoms with Gasteiger partial charge in [0.1, 0.15) is 11.3 Å². The predicted molar refractivity (Wildman–Crippen MR) is 84.3 cm³/mol. The molecule has 1 aromatic carbocycles. The third kappa shape index (κ3) is 3.05. The van der Waals surface area contributed by atoms with Gasteiger partial charge in [0.05, 0.1) is 6.04 Å². The summed E-state index contributed by atoms with van der Waals surface area (Å²) in [6.45, 7) is 6.52. The van der Waals surface area contributed by atoms with Gasteiger partial charge in [-0.25, -0.2) is 5.43 Å². The number of aryl methyl sites for hydroxylation is 1. The molecule has 0 saturated heterocycles. The number of fused-ring (bicyclic) bond motifs is 1. The summed E-state index contributed by atoms with van der Waals surface area (Å²) in [5, 5.41) is 1.16. The summed E-state index contributed by atoms with van der Waals surface area (Å²) >= 11 is 0. The first-order valence-corrected chi connectivity index (χ1v) is 7.66. The van der Waals surface area contributed by atoms with Gasteiger partial charge in [-0.1, -0.05) is 51.3 Å². The molecular weight excluding hydrogens is 248 g/mol. The maximum atomic E-state index is 6.07. The molecule has 3 nitrogen and oxygen atoms in total. The van der Waals surface area contributed by atoms with Gasteiger partial charge in [-0.3, -0.25) is 5.84 Å². The lowest BCUT2D eigenvalue weighted by molar-refractivity contribution is 0.290. The van der Waals surface area contributed by atoms with Crippen LogP contribution < -0.4 is 11.3 Å². The molecule has 2 aromatic rings. The highest BCUT2D eigenvalue weighted by molar-refractivity contribution is 5.81. The van der Waals surface area contributed by atoms with Gasteiger partial charge in [-0.15, -0.1) is 0 Å². The lowest BCUT2D eigenvalue weighted by atomic mass is 9.90. The van der Waals surface area contributed by atoms with E-state index in [-0.39, 0.29) is 6.04 Å². The van der Waals surface area contributed by atoms with Gasteiger partial charge >= 0.3 is 0 Å². The zero-order valence-electron chi connectivity index (χ0n) is 12.8. The van der Waals surface area contributed by atoms with Crippen LogP contribution in [0.3, 0.4) is 0 Å². The summed E-state index contributed by atoms with van der Waals surface area (Å²) in [6, 6.07) is 8.46. The highest BCUT2D eigenvalue weighted by Crippen LogP contribution is 2.33. The Bertz CT molecular complexity index is 547. The second-order valence-electron chi connectivity index (χ2n) is 5.60. The summed E-state index contributed by atoms with van der Waals surface area (Å²) in [4.78, 5) is 0. The first-order valence-electron chi connectivity index (χ1n) is 7.66. The summed E-state index contributed by atoms with van der Waals surface area (Å²) < 4.78 is 6.07. The zero-order valence-corrected chi connectivity index (χ0v) is 12.8. The van der Waals surface area contributed by atoms with Crippen molar-refractivity contribution < 1.29 is 4.42 Å². The van der Waals surface area contributed by atoms with E-state index in [9.17, 15) is 0 Å². The SMILES string of the molecule is CCCCC(CC)C(NN)c1cc2cccc(C)c2o1. The number of hydrogen-bond acceptors (Lipinski definition) is 3. The molecule has 2 atom stereocenters. The predicted octanol–water partition coefficient (Wildman–Crippen LogP) is 4.46.